The largest absolute Gasteiger partial charge is 0.316 e. The molecular formula is C7H7NOS2. The number of carbonyl (C=O) groups excluding carboxylic acids is 1. The Kier molecular flexibility index (Phi) is 1.65. The highest BCUT2D eigenvalue weighted by molar-refractivity contribution is 8.01. The third-order valence-electron chi connectivity index (χ3n) is 1.54. The Bertz CT molecular complexity index is 294. The van der Waals surface area contributed by atoms with Gasteiger partial charge in [0, 0.05) is 4.90 Å². The molecule has 1 atom stereocenters. The first kappa shape index (κ1) is 7.18. The van der Waals surface area contributed by atoms with Crippen molar-refractivity contribution in [1.29, 1.82) is 0 Å². The molecule has 4 heteroatoms. The number of rotatable bonds is 0. The van der Waals surface area contributed by atoms with Crippen molar-refractivity contribution in [2.75, 3.05) is 5.32 Å². The summed E-state index contributed by atoms with van der Waals surface area (Å²) in [6.45, 7) is 1.92. The van der Waals surface area contributed by atoms with Crippen molar-refractivity contribution in [1.82, 2.24) is 0 Å². The number of thiophene rings is 1. The van der Waals surface area contributed by atoms with Crippen molar-refractivity contribution < 1.29 is 4.79 Å². The summed E-state index contributed by atoms with van der Waals surface area (Å²) in [4.78, 5) is 12.3. The molecule has 2 rings (SSSR count). The van der Waals surface area contributed by atoms with Crippen LogP contribution in [0.25, 0.3) is 0 Å². The quantitative estimate of drug-likeness (QED) is 0.671. The zero-order valence-corrected chi connectivity index (χ0v) is 7.59. The van der Waals surface area contributed by atoms with E-state index >= 15 is 0 Å². The average Bonchev–Trinajstić information content (AvgIpc) is 2.36. The van der Waals surface area contributed by atoms with Crippen LogP contribution in [0.2, 0.25) is 0 Å². The number of thioether (sulfide) groups is 1. The number of nitrogens with one attached hydrogen (secondary N) is 1. The maximum Gasteiger partial charge on any atom is 0.238 e. The number of hydrogen-bond acceptors (Lipinski definition) is 3. The number of carbonyl (C=O) groups is 1. The average molecular weight is 185 g/mol. The Morgan fingerprint density at radius 2 is 2.45 bits per heavy atom. The Balaban J connectivity index is 2.37. The molecule has 0 saturated carbocycles. The monoisotopic (exact) mass is 185 g/mol. The van der Waals surface area contributed by atoms with Crippen LogP contribution in [0.4, 0.5) is 5.00 Å². The highest BCUT2D eigenvalue weighted by Crippen LogP contribution is 2.38. The lowest BCUT2D eigenvalue weighted by molar-refractivity contribution is -0.115. The minimum atomic E-state index is 0.0529. The zero-order chi connectivity index (χ0) is 7.84. The summed E-state index contributed by atoms with van der Waals surface area (Å²) in [5.41, 5.74) is 0. The molecule has 0 aromatic carbocycles. The second-order valence-corrected chi connectivity index (χ2v) is 4.66. The molecule has 0 fully saturated rings. The van der Waals surface area contributed by atoms with Crippen LogP contribution >= 0.6 is 23.1 Å². The molecule has 1 unspecified atom stereocenters. The molecule has 1 aromatic rings. The minimum absolute atomic E-state index is 0.0529. The fourth-order valence-electron chi connectivity index (χ4n) is 0.939. The first-order chi connectivity index (χ1) is 5.27. The van der Waals surface area contributed by atoms with Crippen LogP contribution in [0.5, 0.6) is 0 Å². The van der Waals surface area contributed by atoms with Crippen molar-refractivity contribution in [2.45, 2.75) is 17.1 Å². The van der Waals surface area contributed by atoms with Crippen LogP contribution in [0.15, 0.2) is 16.3 Å². The van der Waals surface area contributed by atoms with E-state index in [0.29, 0.717) is 0 Å². The number of fused-ring (bicyclic) bond motifs is 1. The van der Waals surface area contributed by atoms with E-state index in [2.05, 4.69) is 5.32 Å². The van der Waals surface area contributed by atoms with E-state index in [1.807, 2.05) is 18.4 Å². The van der Waals surface area contributed by atoms with Gasteiger partial charge in [-0.3, -0.25) is 4.79 Å². The van der Waals surface area contributed by atoms with Crippen LogP contribution in [-0.4, -0.2) is 11.2 Å². The second kappa shape index (κ2) is 2.53. The van der Waals surface area contributed by atoms with Crippen LogP contribution in [0, 0.1) is 0 Å². The Morgan fingerprint density at radius 1 is 1.64 bits per heavy atom. The molecule has 0 spiro atoms. The van der Waals surface area contributed by atoms with Gasteiger partial charge < -0.3 is 5.32 Å². The van der Waals surface area contributed by atoms with Crippen molar-refractivity contribution >= 4 is 34.0 Å². The van der Waals surface area contributed by atoms with Gasteiger partial charge in [-0.05, 0) is 18.4 Å². The third kappa shape index (κ3) is 1.16. The lowest BCUT2D eigenvalue weighted by Crippen LogP contribution is -2.25. The van der Waals surface area contributed by atoms with Crippen molar-refractivity contribution in [3.8, 4) is 0 Å². The summed E-state index contributed by atoms with van der Waals surface area (Å²) in [6, 6.07) is 2.04. The van der Waals surface area contributed by atoms with Crippen molar-refractivity contribution in [3.63, 3.8) is 0 Å². The summed E-state index contributed by atoms with van der Waals surface area (Å²) < 4.78 is 0. The van der Waals surface area contributed by atoms with Crippen LogP contribution in [0.1, 0.15) is 6.92 Å². The molecule has 1 amide bonds. The highest BCUT2D eigenvalue weighted by atomic mass is 32.2. The molecule has 0 saturated heterocycles. The fraction of sp³-hybridized carbons (Fsp3) is 0.286. The third-order valence-corrected chi connectivity index (χ3v) is 3.66. The topological polar surface area (TPSA) is 29.1 Å². The Morgan fingerprint density at radius 3 is 3.27 bits per heavy atom. The summed E-state index contributed by atoms with van der Waals surface area (Å²) in [7, 11) is 0. The van der Waals surface area contributed by atoms with E-state index in [-0.39, 0.29) is 11.2 Å². The Hall–Kier alpha value is -0.480. The molecule has 2 nitrogen and oxygen atoms in total. The van der Waals surface area contributed by atoms with Gasteiger partial charge in [-0.25, -0.2) is 0 Å². The molecule has 0 radical (unpaired) electrons. The maximum absolute atomic E-state index is 11.1. The molecule has 0 aliphatic carbocycles. The van der Waals surface area contributed by atoms with Gasteiger partial charge in [0.2, 0.25) is 5.91 Å². The fourth-order valence-corrected chi connectivity index (χ4v) is 2.85. The van der Waals surface area contributed by atoms with E-state index in [9.17, 15) is 4.79 Å². The van der Waals surface area contributed by atoms with Crippen LogP contribution < -0.4 is 5.32 Å². The summed E-state index contributed by atoms with van der Waals surface area (Å²) >= 11 is 3.20. The molecule has 1 aliphatic rings. The van der Waals surface area contributed by atoms with Crippen molar-refractivity contribution in [2.24, 2.45) is 0 Å². The highest BCUT2D eigenvalue weighted by Gasteiger charge is 2.23. The van der Waals surface area contributed by atoms with Gasteiger partial charge in [0.1, 0.15) is 5.00 Å². The van der Waals surface area contributed by atoms with Gasteiger partial charge in [0.25, 0.3) is 0 Å². The van der Waals surface area contributed by atoms with Gasteiger partial charge in [-0.2, -0.15) is 0 Å². The van der Waals surface area contributed by atoms with E-state index in [0.717, 1.165) is 5.00 Å². The lowest BCUT2D eigenvalue weighted by atomic mass is 10.4. The first-order valence-electron chi connectivity index (χ1n) is 3.32. The van der Waals surface area contributed by atoms with Crippen LogP contribution in [0.3, 0.4) is 0 Å². The van der Waals surface area contributed by atoms with Gasteiger partial charge in [-0.15, -0.1) is 23.1 Å². The summed E-state index contributed by atoms with van der Waals surface area (Å²) in [6.07, 6.45) is 0. The lowest BCUT2D eigenvalue weighted by Gasteiger charge is -2.17. The maximum atomic E-state index is 11.1. The SMILES string of the molecule is CC1Sc2ccsc2NC1=O. The molecule has 11 heavy (non-hydrogen) atoms. The second-order valence-electron chi connectivity index (χ2n) is 2.36. The van der Waals surface area contributed by atoms with Gasteiger partial charge >= 0.3 is 0 Å². The van der Waals surface area contributed by atoms with E-state index in [1.165, 1.54) is 4.90 Å². The summed E-state index contributed by atoms with van der Waals surface area (Å²) in [5, 5.41) is 5.90. The zero-order valence-electron chi connectivity index (χ0n) is 5.96. The van der Waals surface area contributed by atoms with E-state index < -0.39 is 0 Å². The standard InChI is InChI=1S/C7H7NOS2/c1-4-6(9)8-7-5(11-4)2-3-10-7/h2-4H,1H3,(H,8,9). The Labute approximate surface area is 73.0 Å². The molecule has 1 aromatic heterocycles. The van der Waals surface area contributed by atoms with Gasteiger partial charge in [0.05, 0.1) is 5.25 Å². The van der Waals surface area contributed by atoms with Gasteiger partial charge in [-0.1, -0.05) is 0 Å². The van der Waals surface area contributed by atoms with E-state index in [4.69, 9.17) is 0 Å². The molecule has 1 aliphatic heterocycles. The molecular weight excluding hydrogens is 178 g/mol. The smallest absolute Gasteiger partial charge is 0.238 e. The molecule has 0 bridgehead atoms. The predicted molar refractivity (Wildman–Crippen MR) is 48.3 cm³/mol. The molecule has 1 N–H and O–H groups in total. The van der Waals surface area contributed by atoms with Crippen molar-refractivity contribution in [3.05, 3.63) is 11.4 Å². The molecule has 58 valence electrons. The molecule has 2 heterocycles. The summed E-state index contributed by atoms with van der Waals surface area (Å²) in [5.74, 6) is 0.116. The number of anilines is 1. The van der Waals surface area contributed by atoms with Crippen LogP contribution in [-0.2, 0) is 4.79 Å². The number of hydrogen-bond donors (Lipinski definition) is 1. The minimum Gasteiger partial charge on any atom is -0.316 e. The van der Waals surface area contributed by atoms with Gasteiger partial charge in [0.15, 0.2) is 0 Å². The first-order valence-corrected chi connectivity index (χ1v) is 5.08. The van der Waals surface area contributed by atoms with E-state index in [1.54, 1.807) is 23.1 Å². The number of amides is 1. The normalized spacial score (nSPS) is 22.6. The predicted octanol–water partition coefficient (Wildman–Crippen LogP) is 2.18.